The highest BCUT2D eigenvalue weighted by molar-refractivity contribution is 5.44. The number of hydrogen-bond donors (Lipinski definition) is 3. The molecule has 4 nitrogen and oxygen atoms in total. The molecule has 0 aliphatic heterocycles. The molecule has 3 N–H and O–H groups in total. The third kappa shape index (κ3) is 4.89. The molecule has 0 bridgehead atoms. The number of phenolic OH excluding ortho intramolecular Hbond substituents is 2. The van der Waals surface area contributed by atoms with E-state index in [0.29, 0.717) is 31.9 Å². The predicted molar refractivity (Wildman–Crippen MR) is 67.1 cm³/mol. The molecule has 0 unspecified atom stereocenters. The molecule has 0 fully saturated rings. The molecule has 0 radical (unpaired) electrons. The SMILES string of the molecule is C=CCCOCCNCc1cccc(O)c1O. The normalized spacial score (nSPS) is 10.4. The van der Waals surface area contributed by atoms with Gasteiger partial charge in [-0.1, -0.05) is 18.2 Å². The molecular weight excluding hydrogens is 218 g/mol. The molecule has 94 valence electrons. The highest BCUT2D eigenvalue weighted by Gasteiger charge is 2.04. The van der Waals surface area contributed by atoms with E-state index in [1.54, 1.807) is 12.1 Å². The van der Waals surface area contributed by atoms with Crippen LogP contribution in [-0.2, 0) is 11.3 Å². The molecule has 0 heterocycles. The van der Waals surface area contributed by atoms with Gasteiger partial charge in [0.15, 0.2) is 11.5 Å². The van der Waals surface area contributed by atoms with E-state index >= 15 is 0 Å². The first-order valence-electron chi connectivity index (χ1n) is 5.65. The minimum absolute atomic E-state index is 0.0624. The van der Waals surface area contributed by atoms with Crippen LogP contribution in [0.1, 0.15) is 12.0 Å². The van der Waals surface area contributed by atoms with Gasteiger partial charge in [0, 0.05) is 18.7 Å². The average molecular weight is 237 g/mol. The van der Waals surface area contributed by atoms with Gasteiger partial charge in [-0.3, -0.25) is 0 Å². The Morgan fingerprint density at radius 3 is 2.88 bits per heavy atom. The zero-order chi connectivity index (χ0) is 12.5. The van der Waals surface area contributed by atoms with Crippen molar-refractivity contribution in [1.82, 2.24) is 5.32 Å². The molecule has 0 aromatic heterocycles. The van der Waals surface area contributed by atoms with Crippen LogP contribution in [0.15, 0.2) is 30.9 Å². The van der Waals surface area contributed by atoms with Crippen molar-refractivity contribution in [1.29, 1.82) is 0 Å². The minimum atomic E-state index is -0.0912. The quantitative estimate of drug-likeness (QED) is 0.366. The third-order valence-electron chi connectivity index (χ3n) is 2.30. The second-order valence-corrected chi connectivity index (χ2v) is 3.65. The molecule has 0 spiro atoms. The highest BCUT2D eigenvalue weighted by Crippen LogP contribution is 2.27. The lowest BCUT2D eigenvalue weighted by atomic mass is 10.2. The topological polar surface area (TPSA) is 61.7 Å². The van der Waals surface area contributed by atoms with Gasteiger partial charge in [-0.05, 0) is 12.5 Å². The fraction of sp³-hybridized carbons (Fsp3) is 0.385. The summed E-state index contributed by atoms with van der Waals surface area (Å²) in [5, 5.41) is 22.0. The average Bonchev–Trinajstić information content (AvgIpc) is 2.33. The van der Waals surface area contributed by atoms with Crippen LogP contribution in [0.2, 0.25) is 0 Å². The third-order valence-corrected chi connectivity index (χ3v) is 2.30. The van der Waals surface area contributed by atoms with Crippen molar-refractivity contribution in [3.8, 4) is 11.5 Å². The molecule has 0 aliphatic carbocycles. The van der Waals surface area contributed by atoms with Crippen molar-refractivity contribution < 1.29 is 14.9 Å². The summed E-state index contributed by atoms with van der Waals surface area (Å²) in [5.41, 5.74) is 0.677. The van der Waals surface area contributed by atoms with Gasteiger partial charge in [0.1, 0.15) is 0 Å². The summed E-state index contributed by atoms with van der Waals surface area (Å²) in [6.07, 6.45) is 2.67. The maximum absolute atomic E-state index is 9.54. The van der Waals surface area contributed by atoms with E-state index in [2.05, 4.69) is 11.9 Å². The monoisotopic (exact) mass is 237 g/mol. The van der Waals surface area contributed by atoms with Crippen molar-refractivity contribution in [3.05, 3.63) is 36.4 Å². The number of ether oxygens (including phenoxy) is 1. The molecule has 0 atom stereocenters. The van der Waals surface area contributed by atoms with Crippen LogP contribution in [0.25, 0.3) is 0 Å². The lowest BCUT2D eigenvalue weighted by Gasteiger charge is -2.08. The van der Waals surface area contributed by atoms with Gasteiger partial charge >= 0.3 is 0 Å². The maximum atomic E-state index is 9.54. The molecule has 0 amide bonds. The van der Waals surface area contributed by atoms with Gasteiger partial charge < -0.3 is 20.3 Å². The Morgan fingerprint density at radius 1 is 1.29 bits per heavy atom. The summed E-state index contributed by atoms with van der Waals surface area (Å²) in [4.78, 5) is 0. The van der Waals surface area contributed by atoms with Crippen molar-refractivity contribution in [2.24, 2.45) is 0 Å². The molecule has 4 heteroatoms. The number of nitrogens with one attached hydrogen (secondary N) is 1. The predicted octanol–water partition coefficient (Wildman–Crippen LogP) is 1.78. The van der Waals surface area contributed by atoms with Crippen molar-refractivity contribution >= 4 is 0 Å². The summed E-state index contributed by atoms with van der Waals surface area (Å²) < 4.78 is 5.32. The molecule has 1 aromatic carbocycles. The standard InChI is InChI=1S/C13H19NO3/c1-2-3-8-17-9-7-14-10-11-5-4-6-12(15)13(11)16/h2,4-6,14-16H,1,3,7-10H2. The minimum Gasteiger partial charge on any atom is -0.504 e. The number of rotatable bonds is 8. The Bertz CT molecular complexity index is 353. The second-order valence-electron chi connectivity index (χ2n) is 3.65. The number of benzene rings is 1. The Labute approximate surface area is 102 Å². The largest absolute Gasteiger partial charge is 0.504 e. The summed E-state index contributed by atoms with van der Waals surface area (Å²) >= 11 is 0. The van der Waals surface area contributed by atoms with Crippen molar-refractivity contribution in [2.45, 2.75) is 13.0 Å². The van der Waals surface area contributed by atoms with E-state index in [0.717, 1.165) is 6.42 Å². The van der Waals surface area contributed by atoms with E-state index in [4.69, 9.17) is 4.74 Å². The molecule has 0 saturated carbocycles. The van der Waals surface area contributed by atoms with Crippen LogP contribution in [0.5, 0.6) is 11.5 Å². The Balaban J connectivity index is 2.18. The van der Waals surface area contributed by atoms with Crippen molar-refractivity contribution in [3.63, 3.8) is 0 Å². The molecule has 0 aliphatic rings. The van der Waals surface area contributed by atoms with Crippen LogP contribution >= 0.6 is 0 Å². The Kier molecular flexibility index (Phi) is 6.14. The summed E-state index contributed by atoms with van der Waals surface area (Å²) in [6.45, 7) is 6.11. The first kappa shape index (κ1) is 13.5. The van der Waals surface area contributed by atoms with E-state index in [9.17, 15) is 10.2 Å². The number of hydrogen-bond acceptors (Lipinski definition) is 4. The fourth-order valence-corrected chi connectivity index (χ4v) is 1.36. The Morgan fingerprint density at radius 2 is 2.12 bits per heavy atom. The van der Waals surface area contributed by atoms with Gasteiger partial charge in [0.05, 0.1) is 13.2 Å². The lowest BCUT2D eigenvalue weighted by Crippen LogP contribution is -2.19. The van der Waals surface area contributed by atoms with Crippen LogP contribution in [0, 0.1) is 0 Å². The van der Waals surface area contributed by atoms with Gasteiger partial charge in [-0.25, -0.2) is 0 Å². The smallest absolute Gasteiger partial charge is 0.161 e. The molecule has 1 aromatic rings. The van der Waals surface area contributed by atoms with Crippen LogP contribution in [0.4, 0.5) is 0 Å². The van der Waals surface area contributed by atoms with Crippen LogP contribution in [-0.4, -0.2) is 30.0 Å². The zero-order valence-electron chi connectivity index (χ0n) is 9.85. The van der Waals surface area contributed by atoms with Crippen molar-refractivity contribution in [2.75, 3.05) is 19.8 Å². The summed E-state index contributed by atoms with van der Waals surface area (Å²) in [5.74, 6) is -0.154. The Hall–Kier alpha value is -1.52. The first-order valence-corrected chi connectivity index (χ1v) is 5.65. The maximum Gasteiger partial charge on any atom is 0.161 e. The van der Waals surface area contributed by atoms with E-state index < -0.39 is 0 Å². The number of aromatic hydroxyl groups is 2. The lowest BCUT2D eigenvalue weighted by molar-refractivity contribution is 0.140. The van der Waals surface area contributed by atoms with Gasteiger partial charge in [0.25, 0.3) is 0 Å². The molecule has 17 heavy (non-hydrogen) atoms. The summed E-state index contributed by atoms with van der Waals surface area (Å²) in [6, 6.07) is 4.92. The number of para-hydroxylation sites is 1. The zero-order valence-corrected chi connectivity index (χ0v) is 9.85. The van der Waals surface area contributed by atoms with E-state index in [-0.39, 0.29) is 11.5 Å². The van der Waals surface area contributed by atoms with Gasteiger partial charge in [-0.15, -0.1) is 6.58 Å². The van der Waals surface area contributed by atoms with E-state index in [1.807, 2.05) is 6.08 Å². The van der Waals surface area contributed by atoms with Crippen LogP contribution < -0.4 is 5.32 Å². The molecule has 0 saturated heterocycles. The highest BCUT2D eigenvalue weighted by atomic mass is 16.5. The molecular formula is C13H19NO3. The van der Waals surface area contributed by atoms with Gasteiger partial charge in [0.2, 0.25) is 0 Å². The molecule has 1 rings (SSSR count). The first-order chi connectivity index (χ1) is 8.25. The second kappa shape index (κ2) is 7.70. The van der Waals surface area contributed by atoms with Crippen LogP contribution in [0.3, 0.4) is 0 Å². The fourth-order valence-electron chi connectivity index (χ4n) is 1.36. The number of phenols is 2. The van der Waals surface area contributed by atoms with E-state index in [1.165, 1.54) is 6.07 Å². The van der Waals surface area contributed by atoms with Gasteiger partial charge in [-0.2, -0.15) is 0 Å². The summed E-state index contributed by atoms with van der Waals surface area (Å²) in [7, 11) is 0.